The lowest BCUT2D eigenvalue weighted by molar-refractivity contribution is -0.137. The Hall–Kier alpha value is -1.36. The lowest BCUT2D eigenvalue weighted by Crippen LogP contribution is -2.14. The molecule has 18 heavy (non-hydrogen) atoms. The summed E-state index contributed by atoms with van der Waals surface area (Å²) in [5, 5.41) is 8.52. The zero-order valence-corrected chi connectivity index (χ0v) is 10.5. The predicted molar refractivity (Wildman–Crippen MR) is 63.4 cm³/mol. The number of hydrogen-bond donors (Lipinski definition) is 1. The topological polar surface area (TPSA) is 46.5 Å². The van der Waals surface area contributed by atoms with Crippen molar-refractivity contribution in [3.63, 3.8) is 0 Å². The minimum absolute atomic E-state index is 0.0913. The second-order valence-corrected chi connectivity index (χ2v) is 4.21. The summed E-state index contributed by atoms with van der Waals surface area (Å²) in [6.45, 7) is 0. The third kappa shape index (κ3) is 3.84. The van der Waals surface area contributed by atoms with Crippen molar-refractivity contribution in [1.29, 1.82) is 0 Å². The minimum Gasteiger partial charge on any atom is -0.495 e. The maximum absolute atomic E-state index is 13.7. The van der Waals surface area contributed by atoms with E-state index in [0.717, 1.165) is 6.07 Å². The fourth-order valence-corrected chi connectivity index (χ4v) is 1.76. The molecule has 1 aromatic carbocycles. The van der Waals surface area contributed by atoms with E-state index in [1.807, 2.05) is 0 Å². The molecule has 1 rings (SSSR count). The van der Waals surface area contributed by atoms with Crippen molar-refractivity contribution in [2.75, 3.05) is 7.11 Å². The Labute approximate surface area is 108 Å². The van der Waals surface area contributed by atoms with Crippen molar-refractivity contribution < 1.29 is 23.4 Å². The highest BCUT2D eigenvalue weighted by Gasteiger charge is 2.31. The van der Waals surface area contributed by atoms with Gasteiger partial charge in [0.15, 0.2) is 0 Å². The quantitative estimate of drug-likeness (QED) is 0.863. The molecular formula is C12H13ClF2O3. The summed E-state index contributed by atoms with van der Waals surface area (Å²) in [6, 6.07) is 3.73. The van der Waals surface area contributed by atoms with E-state index < -0.39 is 18.3 Å². The summed E-state index contributed by atoms with van der Waals surface area (Å²) in [7, 11) is 1.39. The second-order valence-electron chi connectivity index (χ2n) is 3.80. The van der Waals surface area contributed by atoms with E-state index in [1.165, 1.54) is 19.2 Å². The van der Waals surface area contributed by atoms with Crippen LogP contribution >= 0.6 is 11.6 Å². The van der Waals surface area contributed by atoms with Gasteiger partial charge in [-0.25, -0.2) is 8.78 Å². The average molecular weight is 279 g/mol. The second kappa shape index (κ2) is 6.00. The molecule has 0 amide bonds. The van der Waals surface area contributed by atoms with E-state index >= 15 is 0 Å². The number of aliphatic carboxylic acids is 1. The van der Waals surface area contributed by atoms with Gasteiger partial charge in [-0.3, -0.25) is 4.79 Å². The molecule has 0 radical (unpaired) electrons. The molecule has 1 aromatic rings. The standard InChI is InChI=1S/C12H13ClF2O3/c1-18-10-5-4-8(7-9(10)13)12(14,15)6-2-3-11(16)17/h4-5,7H,2-3,6H2,1H3,(H,16,17). The first-order valence-electron chi connectivity index (χ1n) is 5.30. The van der Waals surface area contributed by atoms with Crippen molar-refractivity contribution in [1.82, 2.24) is 0 Å². The van der Waals surface area contributed by atoms with E-state index in [4.69, 9.17) is 21.4 Å². The van der Waals surface area contributed by atoms with Crippen LogP contribution in [-0.2, 0) is 10.7 Å². The van der Waals surface area contributed by atoms with Gasteiger partial charge in [0.05, 0.1) is 12.1 Å². The Morgan fingerprint density at radius 3 is 2.67 bits per heavy atom. The van der Waals surface area contributed by atoms with Gasteiger partial charge < -0.3 is 9.84 Å². The number of carbonyl (C=O) groups is 1. The van der Waals surface area contributed by atoms with Gasteiger partial charge in [0.25, 0.3) is 5.92 Å². The van der Waals surface area contributed by atoms with E-state index in [-0.39, 0.29) is 23.4 Å². The van der Waals surface area contributed by atoms with Crippen LogP contribution in [0.15, 0.2) is 18.2 Å². The van der Waals surface area contributed by atoms with Crippen molar-refractivity contribution >= 4 is 17.6 Å². The Morgan fingerprint density at radius 2 is 2.17 bits per heavy atom. The number of benzene rings is 1. The van der Waals surface area contributed by atoms with Gasteiger partial charge in [-0.15, -0.1) is 0 Å². The highest BCUT2D eigenvalue weighted by Crippen LogP contribution is 2.37. The molecule has 0 spiro atoms. The number of methoxy groups -OCH3 is 1. The molecule has 1 N–H and O–H groups in total. The van der Waals surface area contributed by atoms with Gasteiger partial charge in [-0.05, 0) is 24.6 Å². The predicted octanol–water partition coefficient (Wildman–Crippen LogP) is 3.70. The molecule has 0 heterocycles. The van der Waals surface area contributed by atoms with Crippen LogP contribution in [0.2, 0.25) is 5.02 Å². The van der Waals surface area contributed by atoms with Crippen LogP contribution in [0.5, 0.6) is 5.75 Å². The normalized spacial score (nSPS) is 11.3. The first kappa shape index (κ1) is 14.7. The summed E-state index contributed by atoms with van der Waals surface area (Å²) < 4.78 is 32.3. The van der Waals surface area contributed by atoms with Crippen molar-refractivity contribution in [3.05, 3.63) is 28.8 Å². The molecule has 0 fully saturated rings. The minimum atomic E-state index is -3.09. The van der Waals surface area contributed by atoms with Gasteiger partial charge in [0, 0.05) is 18.4 Å². The van der Waals surface area contributed by atoms with Gasteiger partial charge in [0.2, 0.25) is 0 Å². The molecule has 0 aromatic heterocycles. The lowest BCUT2D eigenvalue weighted by atomic mass is 10.0. The highest BCUT2D eigenvalue weighted by atomic mass is 35.5. The van der Waals surface area contributed by atoms with Crippen LogP contribution in [0.25, 0.3) is 0 Å². The van der Waals surface area contributed by atoms with Gasteiger partial charge >= 0.3 is 5.97 Å². The molecule has 0 bridgehead atoms. The molecular weight excluding hydrogens is 266 g/mol. The van der Waals surface area contributed by atoms with Crippen LogP contribution < -0.4 is 4.74 Å². The molecule has 0 atom stereocenters. The Kier molecular flexibility index (Phi) is 4.90. The number of rotatable bonds is 6. The SMILES string of the molecule is COc1ccc(C(F)(F)CCCC(=O)O)cc1Cl. The monoisotopic (exact) mass is 278 g/mol. The van der Waals surface area contributed by atoms with Crippen LogP contribution in [0, 0.1) is 0 Å². The Morgan fingerprint density at radius 1 is 1.50 bits per heavy atom. The third-order valence-corrected chi connectivity index (χ3v) is 2.75. The van der Waals surface area contributed by atoms with Gasteiger partial charge in [-0.1, -0.05) is 11.6 Å². The van der Waals surface area contributed by atoms with E-state index in [2.05, 4.69) is 0 Å². The molecule has 0 unspecified atom stereocenters. The molecule has 100 valence electrons. The summed E-state index contributed by atoms with van der Waals surface area (Å²) >= 11 is 5.77. The molecule has 3 nitrogen and oxygen atoms in total. The van der Waals surface area contributed by atoms with Crippen molar-refractivity contribution in [2.24, 2.45) is 0 Å². The molecule has 6 heteroatoms. The van der Waals surface area contributed by atoms with Crippen LogP contribution in [-0.4, -0.2) is 18.2 Å². The summed E-state index contributed by atoms with van der Waals surface area (Å²) in [4.78, 5) is 10.3. The summed E-state index contributed by atoms with van der Waals surface area (Å²) in [5.74, 6) is -3.86. The van der Waals surface area contributed by atoms with Crippen molar-refractivity contribution in [3.8, 4) is 5.75 Å². The van der Waals surface area contributed by atoms with E-state index in [9.17, 15) is 13.6 Å². The number of alkyl halides is 2. The molecule has 0 saturated heterocycles. The van der Waals surface area contributed by atoms with Gasteiger partial charge in [0.1, 0.15) is 5.75 Å². The van der Waals surface area contributed by atoms with Crippen LogP contribution in [0.3, 0.4) is 0 Å². The van der Waals surface area contributed by atoms with E-state index in [1.54, 1.807) is 0 Å². The smallest absolute Gasteiger partial charge is 0.303 e. The van der Waals surface area contributed by atoms with Crippen LogP contribution in [0.4, 0.5) is 8.78 Å². The number of carboxylic acid groups (broad SMARTS) is 1. The lowest BCUT2D eigenvalue weighted by Gasteiger charge is -2.17. The number of hydrogen-bond acceptors (Lipinski definition) is 2. The molecule has 0 aliphatic heterocycles. The van der Waals surface area contributed by atoms with Crippen LogP contribution in [0.1, 0.15) is 24.8 Å². The zero-order valence-electron chi connectivity index (χ0n) is 9.75. The molecule has 0 aliphatic carbocycles. The Bertz CT molecular complexity index is 435. The number of carboxylic acids is 1. The first-order chi connectivity index (χ1) is 8.36. The maximum atomic E-state index is 13.7. The molecule has 0 aliphatic rings. The first-order valence-corrected chi connectivity index (χ1v) is 5.68. The summed E-state index contributed by atoms with van der Waals surface area (Å²) in [6.07, 6.45) is -0.895. The number of halogens is 3. The largest absolute Gasteiger partial charge is 0.495 e. The van der Waals surface area contributed by atoms with Crippen molar-refractivity contribution in [2.45, 2.75) is 25.2 Å². The summed E-state index contributed by atoms with van der Waals surface area (Å²) in [5.41, 5.74) is -0.237. The highest BCUT2D eigenvalue weighted by molar-refractivity contribution is 6.32. The third-order valence-electron chi connectivity index (χ3n) is 2.46. The maximum Gasteiger partial charge on any atom is 0.303 e. The van der Waals surface area contributed by atoms with Gasteiger partial charge in [-0.2, -0.15) is 0 Å². The average Bonchev–Trinajstić information content (AvgIpc) is 2.28. The fraction of sp³-hybridized carbons (Fsp3) is 0.417. The fourth-order valence-electron chi connectivity index (χ4n) is 1.50. The zero-order chi connectivity index (χ0) is 13.8. The Balaban J connectivity index is 2.77. The van der Waals surface area contributed by atoms with E-state index in [0.29, 0.717) is 5.75 Å². The number of ether oxygens (including phenoxy) is 1. The molecule has 0 saturated carbocycles.